The van der Waals surface area contributed by atoms with E-state index in [1.165, 1.54) is 6.42 Å². The zero-order valence-corrected chi connectivity index (χ0v) is 12.1. The van der Waals surface area contributed by atoms with Crippen molar-refractivity contribution in [2.45, 2.75) is 19.3 Å². The van der Waals surface area contributed by atoms with Gasteiger partial charge in [-0.3, -0.25) is 4.79 Å². The number of likely N-dealkylation sites (tertiary alicyclic amines) is 1. The second kappa shape index (κ2) is 6.98. The molecule has 1 saturated heterocycles. The van der Waals surface area contributed by atoms with E-state index < -0.39 is 0 Å². The third kappa shape index (κ3) is 3.53. The Morgan fingerprint density at radius 2 is 1.90 bits per heavy atom. The first-order valence-corrected chi connectivity index (χ1v) is 6.93. The number of nitrogens with zero attached hydrogens (tertiary/aromatic N) is 1. The first-order chi connectivity index (χ1) is 9.74. The summed E-state index contributed by atoms with van der Waals surface area (Å²) in [5.41, 5.74) is 0.845. The van der Waals surface area contributed by atoms with E-state index in [0.717, 1.165) is 43.0 Å². The highest BCUT2D eigenvalue weighted by atomic mass is 16.5. The van der Waals surface area contributed by atoms with Gasteiger partial charge in [-0.15, -0.1) is 0 Å². The minimum Gasteiger partial charge on any atom is -0.497 e. The number of carbonyl (C=O) groups excluding carboxylic acids is 1. The molecule has 0 atom stereocenters. The fourth-order valence-electron chi connectivity index (χ4n) is 2.35. The van der Waals surface area contributed by atoms with Crippen molar-refractivity contribution in [3.05, 3.63) is 29.8 Å². The van der Waals surface area contributed by atoms with Crippen molar-refractivity contribution in [1.29, 1.82) is 0 Å². The van der Waals surface area contributed by atoms with Crippen LogP contribution < -0.4 is 9.47 Å². The molecule has 20 heavy (non-hydrogen) atoms. The predicted molar refractivity (Wildman–Crippen MR) is 79.0 cm³/mol. The van der Waals surface area contributed by atoms with Gasteiger partial charge in [0.05, 0.1) is 14.2 Å². The van der Waals surface area contributed by atoms with Crippen molar-refractivity contribution >= 4 is 12.0 Å². The highest BCUT2D eigenvalue weighted by Crippen LogP contribution is 2.25. The molecule has 0 spiro atoms. The smallest absolute Gasteiger partial charge is 0.246 e. The van der Waals surface area contributed by atoms with Crippen LogP contribution >= 0.6 is 0 Å². The van der Waals surface area contributed by atoms with Gasteiger partial charge in [0.1, 0.15) is 11.5 Å². The summed E-state index contributed by atoms with van der Waals surface area (Å²) in [6.45, 7) is 1.72. The van der Waals surface area contributed by atoms with Gasteiger partial charge in [0.25, 0.3) is 0 Å². The third-order valence-corrected chi connectivity index (χ3v) is 3.51. The molecule has 1 heterocycles. The van der Waals surface area contributed by atoms with Gasteiger partial charge in [0.2, 0.25) is 5.91 Å². The normalized spacial score (nSPS) is 15.4. The first kappa shape index (κ1) is 14.4. The van der Waals surface area contributed by atoms with Crippen LogP contribution in [0.4, 0.5) is 0 Å². The van der Waals surface area contributed by atoms with Gasteiger partial charge in [0, 0.05) is 24.7 Å². The Morgan fingerprint density at radius 1 is 1.15 bits per heavy atom. The number of carbonyl (C=O) groups is 1. The third-order valence-electron chi connectivity index (χ3n) is 3.51. The first-order valence-electron chi connectivity index (χ1n) is 6.93. The summed E-state index contributed by atoms with van der Waals surface area (Å²) >= 11 is 0. The van der Waals surface area contributed by atoms with E-state index in [1.807, 2.05) is 23.1 Å². The summed E-state index contributed by atoms with van der Waals surface area (Å²) in [6, 6.07) is 5.53. The largest absolute Gasteiger partial charge is 0.497 e. The molecule has 1 fully saturated rings. The van der Waals surface area contributed by atoms with E-state index >= 15 is 0 Å². The molecule has 2 rings (SSSR count). The van der Waals surface area contributed by atoms with Crippen molar-refractivity contribution in [3.63, 3.8) is 0 Å². The van der Waals surface area contributed by atoms with Gasteiger partial charge < -0.3 is 14.4 Å². The number of methoxy groups -OCH3 is 2. The van der Waals surface area contributed by atoms with Gasteiger partial charge in [-0.25, -0.2) is 0 Å². The van der Waals surface area contributed by atoms with E-state index in [0.29, 0.717) is 0 Å². The van der Waals surface area contributed by atoms with Crippen molar-refractivity contribution in [3.8, 4) is 11.5 Å². The molecule has 0 radical (unpaired) electrons. The number of ether oxygens (including phenoxy) is 2. The van der Waals surface area contributed by atoms with E-state index in [2.05, 4.69) is 0 Å². The molecule has 0 aliphatic carbocycles. The zero-order chi connectivity index (χ0) is 14.4. The Morgan fingerprint density at radius 3 is 2.55 bits per heavy atom. The maximum absolute atomic E-state index is 12.1. The molecule has 1 amide bonds. The van der Waals surface area contributed by atoms with Gasteiger partial charge in [0.15, 0.2) is 0 Å². The number of piperidine rings is 1. The number of hydrogen-bond acceptors (Lipinski definition) is 3. The van der Waals surface area contributed by atoms with Gasteiger partial charge in [-0.05, 0) is 43.5 Å². The molecule has 4 nitrogen and oxygen atoms in total. The lowest BCUT2D eigenvalue weighted by Gasteiger charge is -2.25. The van der Waals surface area contributed by atoms with Crippen LogP contribution in [-0.4, -0.2) is 38.1 Å². The fraction of sp³-hybridized carbons (Fsp3) is 0.438. The molecule has 4 heteroatoms. The molecular weight excluding hydrogens is 254 g/mol. The van der Waals surface area contributed by atoms with E-state index in [-0.39, 0.29) is 5.91 Å². The second-order valence-corrected chi connectivity index (χ2v) is 4.83. The van der Waals surface area contributed by atoms with Gasteiger partial charge in [-0.2, -0.15) is 0 Å². The molecule has 1 aromatic rings. The summed E-state index contributed by atoms with van der Waals surface area (Å²) in [4.78, 5) is 14.0. The SMILES string of the molecule is COc1ccc(OC)c(C=CC(=O)N2CCCCC2)c1. The molecule has 0 unspecified atom stereocenters. The molecular formula is C16H21NO3. The Hall–Kier alpha value is -1.97. The summed E-state index contributed by atoms with van der Waals surface area (Å²) < 4.78 is 10.5. The highest BCUT2D eigenvalue weighted by molar-refractivity contribution is 5.92. The van der Waals surface area contributed by atoms with Crippen molar-refractivity contribution in [2.75, 3.05) is 27.3 Å². The van der Waals surface area contributed by atoms with Crippen molar-refractivity contribution in [2.24, 2.45) is 0 Å². The van der Waals surface area contributed by atoms with Crippen LogP contribution in [0, 0.1) is 0 Å². The van der Waals surface area contributed by atoms with Crippen LogP contribution in [0.15, 0.2) is 24.3 Å². The van der Waals surface area contributed by atoms with Crippen LogP contribution in [0.25, 0.3) is 6.08 Å². The topological polar surface area (TPSA) is 38.8 Å². The quantitative estimate of drug-likeness (QED) is 0.793. The van der Waals surface area contributed by atoms with Crippen LogP contribution in [0.2, 0.25) is 0 Å². The summed E-state index contributed by atoms with van der Waals surface area (Å²) in [7, 11) is 3.24. The monoisotopic (exact) mass is 275 g/mol. The lowest BCUT2D eigenvalue weighted by Crippen LogP contribution is -2.34. The highest BCUT2D eigenvalue weighted by Gasteiger charge is 2.13. The molecule has 0 N–H and O–H groups in total. The fourth-order valence-corrected chi connectivity index (χ4v) is 2.35. The molecule has 0 bridgehead atoms. The van der Waals surface area contributed by atoms with E-state index in [9.17, 15) is 4.79 Å². The van der Waals surface area contributed by atoms with Gasteiger partial charge >= 0.3 is 0 Å². The Kier molecular flexibility index (Phi) is 5.04. The van der Waals surface area contributed by atoms with Crippen molar-refractivity contribution in [1.82, 2.24) is 4.90 Å². The minimum absolute atomic E-state index is 0.0644. The number of rotatable bonds is 4. The molecule has 0 saturated carbocycles. The Bertz CT molecular complexity index is 490. The van der Waals surface area contributed by atoms with Crippen LogP contribution in [0.5, 0.6) is 11.5 Å². The molecule has 1 aliphatic heterocycles. The standard InChI is InChI=1S/C16H21NO3/c1-19-14-7-8-15(20-2)13(12-14)6-9-16(18)17-10-4-3-5-11-17/h6-9,12H,3-5,10-11H2,1-2H3. The maximum Gasteiger partial charge on any atom is 0.246 e. The lowest BCUT2D eigenvalue weighted by atomic mass is 10.1. The van der Waals surface area contributed by atoms with Crippen molar-refractivity contribution < 1.29 is 14.3 Å². The van der Waals surface area contributed by atoms with Crippen LogP contribution in [0.1, 0.15) is 24.8 Å². The summed E-state index contributed by atoms with van der Waals surface area (Å²) in [5, 5.41) is 0. The number of amides is 1. The van der Waals surface area contributed by atoms with E-state index in [1.54, 1.807) is 26.4 Å². The summed E-state index contributed by atoms with van der Waals surface area (Å²) in [5.74, 6) is 1.54. The zero-order valence-electron chi connectivity index (χ0n) is 12.1. The second-order valence-electron chi connectivity index (χ2n) is 4.83. The summed E-state index contributed by atoms with van der Waals surface area (Å²) in [6.07, 6.45) is 6.82. The number of hydrogen-bond donors (Lipinski definition) is 0. The number of benzene rings is 1. The van der Waals surface area contributed by atoms with E-state index in [4.69, 9.17) is 9.47 Å². The molecule has 0 aromatic heterocycles. The Labute approximate surface area is 120 Å². The van der Waals surface area contributed by atoms with Gasteiger partial charge in [-0.1, -0.05) is 0 Å². The minimum atomic E-state index is 0.0644. The molecule has 108 valence electrons. The maximum atomic E-state index is 12.1. The van der Waals surface area contributed by atoms with Crippen LogP contribution in [0.3, 0.4) is 0 Å². The average molecular weight is 275 g/mol. The molecule has 1 aromatic carbocycles. The Balaban J connectivity index is 2.11. The lowest BCUT2D eigenvalue weighted by molar-refractivity contribution is -0.126. The molecule has 1 aliphatic rings. The average Bonchev–Trinajstić information content (AvgIpc) is 2.53. The van der Waals surface area contributed by atoms with Crippen LogP contribution in [-0.2, 0) is 4.79 Å². The predicted octanol–water partition coefficient (Wildman–Crippen LogP) is 2.73.